The summed E-state index contributed by atoms with van der Waals surface area (Å²) in [5.74, 6) is 0.994. The van der Waals surface area contributed by atoms with Crippen molar-refractivity contribution in [3.8, 4) is 6.07 Å². The predicted octanol–water partition coefficient (Wildman–Crippen LogP) is 1.83. The van der Waals surface area contributed by atoms with Crippen molar-refractivity contribution in [2.24, 2.45) is 12.5 Å². The molecule has 1 aromatic heterocycles. The van der Waals surface area contributed by atoms with Gasteiger partial charge in [-0.2, -0.15) is 5.26 Å². The molecule has 1 N–H and O–H groups in total. The molecule has 1 fully saturated rings. The molecule has 0 aliphatic carbocycles. The third-order valence-corrected chi connectivity index (χ3v) is 3.73. The van der Waals surface area contributed by atoms with Crippen LogP contribution in [0.4, 0.5) is 5.69 Å². The molecular weight excluding hydrogens is 240 g/mol. The maximum Gasteiger partial charge on any atom is 0.121 e. The van der Waals surface area contributed by atoms with Crippen molar-refractivity contribution in [3.05, 3.63) is 24.0 Å². The Morgan fingerprint density at radius 3 is 2.95 bits per heavy atom. The van der Waals surface area contributed by atoms with E-state index in [2.05, 4.69) is 20.9 Å². The zero-order valence-electron chi connectivity index (χ0n) is 11.1. The summed E-state index contributed by atoms with van der Waals surface area (Å²) >= 11 is 0. The van der Waals surface area contributed by atoms with E-state index in [0.29, 0.717) is 19.8 Å². The molecule has 0 atom stereocenters. The van der Waals surface area contributed by atoms with Crippen LogP contribution in [-0.4, -0.2) is 29.3 Å². The lowest BCUT2D eigenvalue weighted by molar-refractivity contribution is -0.0690. The smallest absolute Gasteiger partial charge is 0.121 e. The minimum Gasteiger partial charge on any atom is -0.383 e. The molecule has 2 aromatic rings. The highest BCUT2D eigenvalue weighted by atomic mass is 16.5. The van der Waals surface area contributed by atoms with Gasteiger partial charge in [-0.15, -0.1) is 0 Å². The standard InChI is InChI=1S/C14H16N4O/c1-10-17-12-5-11(3-4-13(12)18(10)2)16-7-14(6-15)8-19-9-14/h3-5,16H,7-9H2,1-2H3. The summed E-state index contributed by atoms with van der Waals surface area (Å²) in [5.41, 5.74) is 2.72. The average Bonchev–Trinajstić information content (AvgIpc) is 2.64. The van der Waals surface area contributed by atoms with Crippen molar-refractivity contribution >= 4 is 16.7 Å². The second kappa shape index (κ2) is 4.25. The Bertz CT molecular complexity index is 664. The summed E-state index contributed by atoms with van der Waals surface area (Å²) in [7, 11) is 2.01. The molecule has 1 saturated heterocycles. The first-order valence-electron chi connectivity index (χ1n) is 6.29. The van der Waals surface area contributed by atoms with Crippen LogP contribution in [0.2, 0.25) is 0 Å². The number of aryl methyl sites for hydroxylation is 2. The molecule has 2 heterocycles. The fraction of sp³-hybridized carbons (Fsp3) is 0.429. The van der Waals surface area contributed by atoms with Crippen molar-refractivity contribution in [3.63, 3.8) is 0 Å². The van der Waals surface area contributed by atoms with Crippen LogP contribution in [0.3, 0.4) is 0 Å². The van der Waals surface area contributed by atoms with E-state index in [-0.39, 0.29) is 5.41 Å². The van der Waals surface area contributed by atoms with E-state index in [1.54, 1.807) is 0 Å². The zero-order chi connectivity index (χ0) is 13.5. The summed E-state index contributed by atoms with van der Waals surface area (Å²) in [5, 5.41) is 12.4. The van der Waals surface area contributed by atoms with Gasteiger partial charge in [0, 0.05) is 19.3 Å². The summed E-state index contributed by atoms with van der Waals surface area (Å²) in [6.45, 7) is 3.63. The van der Waals surface area contributed by atoms with Crippen molar-refractivity contribution in [2.45, 2.75) is 6.92 Å². The van der Waals surface area contributed by atoms with Gasteiger partial charge in [0.2, 0.25) is 0 Å². The highest BCUT2D eigenvalue weighted by Gasteiger charge is 2.38. The molecule has 98 valence electrons. The van der Waals surface area contributed by atoms with Crippen LogP contribution in [-0.2, 0) is 11.8 Å². The van der Waals surface area contributed by atoms with Gasteiger partial charge in [-0.3, -0.25) is 0 Å². The number of nitrogens with one attached hydrogen (secondary N) is 1. The topological polar surface area (TPSA) is 62.9 Å². The molecular formula is C14H16N4O. The SMILES string of the molecule is Cc1nc2cc(NCC3(C#N)COC3)ccc2n1C. The van der Waals surface area contributed by atoms with Gasteiger partial charge >= 0.3 is 0 Å². The van der Waals surface area contributed by atoms with Crippen molar-refractivity contribution in [1.82, 2.24) is 9.55 Å². The van der Waals surface area contributed by atoms with E-state index in [1.807, 2.05) is 32.2 Å². The maximum absolute atomic E-state index is 9.14. The van der Waals surface area contributed by atoms with E-state index in [4.69, 9.17) is 10.00 Å². The first-order valence-corrected chi connectivity index (χ1v) is 6.29. The quantitative estimate of drug-likeness (QED) is 0.910. The summed E-state index contributed by atoms with van der Waals surface area (Å²) in [6, 6.07) is 8.42. The molecule has 5 heteroatoms. The van der Waals surface area contributed by atoms with Crippen molar-refractivity contribution < 1.29 is 4.74 Å². The molecule has 3 rings (SSSR count). The Hall–Kier alpha value is -2.06. The number of rotatable bonds is 3. The molecule has 1 aliphatic rings. The molecule has 0 amide bonds. The normalized spacial score (nSPS) is 16.9. The van der Waals surface area contributed by atoms with Crippen molar-refractivity contribution in [1.29, 1.82) is 5.26 Å². The summed E-state index contributed by atoms with van der Waals surface area (Å²) in [4.78, 5) is 4.51. The van der Waals surface area contributed by atoms with Crippen LogP contribution in [0, 0.1) is 23.7 Å². The molecule has 5 nitrogen and oxygen atoms in total. The van der Waals surface area contributed by atoms with Crippen LogP contribution in [0.25, 0.3) is 11.0 Å². The number of aromatic nitrogens is 2. The van der Waals surface area contributed by atoms with Gasteiger partial charge in [0.05, 0.1) is 30.3 Å². The lowest BCUT2D eigenvalue weighted by atomic mass is 9.88. The van der Waals surface area contributed by atoms with E-state index in [0.717, 1.165) is 22.5 Å². The number of nitrogens with zero attached hydrogens (tertiary/aromatic N) is 3. The molecule has 1 aliphatic heterocycles. The molecule has 1 aromatic carbocycles. The fourth-order valence-electron chi connectivity index (χ4n) is 2.26. The summed E-state index contributed by atoms with van der Waals surface area (Å²) in [6.07, 6.45) is 0. The molecule has 0 bridgehead atoms. The van der Waals surface area contributed by atoms with Crippen LogP contribution in [0.5, 0.6) is 0 Å². The largest absolute Gasteiger partial charge is 0.383 e. The minimum absolute atomic E-state index is 0.366. The second-order valence-corrected chi connectivity index (χ2v) is 5.16. The molecule has 19 heavy (non-hydrogen) atoms. The van der Waals surface area contributed by atoms with Gasteiger partial charge in [0.15, 0.2) is 0 Å². The molecule has 0 spiro atoms. The van der Waals surface area contributed by atoms with Gasteiger partial charge in [0.25, 0.3) is 0 Å². The second-order valence-electron chi connectivity index (χ2n) is 5.16. The van der Waals surface area contributed by atoms with E-state index < -0.39 is 0 Å². The maximum atomic E-state index is 9.14. The Labute approximate surface area is 111 Å². The van der Waals surface area contributed by atoms with Gasteiger partial charge < -0.3 is 14.6 Å². The number of hydrogen-bond donors (Lipinski definition) is 1. The van der Waals surface area contributed by atoms with Gasteiger partial charge in [-0.05, 0) is 25.1 Å². The zero-order valence-corrected chi connectivity index (χ0v) is 11.1. The lowest BCUT2D eigenvalue weighted by Gasteiger charge is -2.35. The van der Waals surface area contributed by atoms with Crippen LogP contribution >= 0.6 is 0 Å². The number of nitriles is 1. The highest BCUT2D eigenvalue weighted by Crippen LogP contribution is 2.27. The van der Waals surface area contributed by atoms with E-state index in [9.17, 15) is 0 Å². The number of imidazole rings is 1. The molecule has 0 saturated carbocycles. The number of ether oxygens (including phenoxy) is 1. The number of hydrogen-bond acceptors (Lipinski definition) is 4. The van der Waals surface area contributed by atoms with Gasteiger partial charge in [-0.25, -0.2) is 4.98 Å². The molecule has 0 unspecified atom stereocenters. The number of fused-ring (bicyclic) bond motifs is 1. The van der Waals surface area contributed by atoms with Gasteiger partial charge in [-0.1, -0.05) is 0 Å². The lowest BCUT2D eigenvalue weighted by Crippen LogP contribution is -2.46. The Balaban J connectivity index is 1.80. The van der Waals surface area contributed by atoms with Crippen LogP contribution in [0.1, 0.15) is 5.82 Å². The average molecular weight is 256 g/mol. The van der Waals surface area contributed by atoms with Crippen LogP contribution < -0.4 is 5.32 Å². The first-order chi connectivity index (χ1) is 9.13. The monoisotopic (exact) mass is 256 g/mol. The Morgan fingerprint density at radius 2 is 2.32 bits per heavy atom. The van der Waals surface area contributed by atoms with E-state index in [1.165, 1.54) is 0 Å². The fourth-order valence-corrected chi connectivity index (χ4v) is 2.26. The third kappa shape index (κ3) is 1.94. The van der Waals surface area contributed by atoms with Gasteiger partial charge in [0.1, 0.15) is 11.2 Å². The highest BCUT2D eigenvalue weighted by molar-refractivity contribution is 5.80. The third-order valence-electron chi connectivity index (χ3n) is 3.73. The predicted molar refractivity (Wildman–Crippen MR) is 72.8 cm³/mol. The first kappa shape index (κ1) is 12.0. The van der Waals surface area contributed by atoms with E-state index >= 15 is 0 Å². The Kier molecular flexibility index (Phi) is 2.68. The number of benzene rings is 1. The molecule has 0 radical (unpaired) electrons. The van der Waals surface area contributed by atoms with Crippen LogP contribution in [0.15, 0.2) is 18.2 Å². The Morgan fingerprint density at radius 1 is 1.53 bits per heavy atom. The summed E-state index contributed by atoms with van der Waals surface area (Å²) < 4.78 is 7.19. The minimum atomic E-state index is -0.366. The number of anilines is 1. The van der Waals surface area contributed by atoms with Crippen molar-refractivity contribution in [2.75, 3.05) is 25.1 Å².